The van der Waals surface area contributed by atoms with Gasteiger partial charge in [-0.15, -0.1) is 0 Å². The third-order valence-corrected chi connectivity index (χ3v) is 2.44. The summed E-state index contributed by atoms with van der Waals surface area (Å²) in [5.41, 5.74) is 0.881. The standard InChI is InChI=1S/C13H19F/c1-12(2,3)10-6-8-11(9-7-10)13(4,5)14/h6-9H,1-5H3. The smallest absolute Gasteiger partial charge is 0.130 e. The van der Waals surface area contributed by atoms with Gasteiger partial charge in [-0.25, -0.2) is 4.39 Å². The fourth-order valence-electron chi connectivity index (χ4n) is 1.37. The van der Waals surface area contributed by atoms with E-state index in [-0.39, 0.29) is 5.41 Å². The SMILES string of the molecule is CC(C)(C)c1ccc(C(C)(C)F)cc1. The molecule has 1 heteroatoms. The second-order valence-corrected chi connectivity index (χ2v) is 5.30. The molecule has 0 atom stereocenters. The van der Waals surface area contributed by atoms with Gasteiger partial charge in [-0.05, 0) is 30.4 Å². The second-order valence-electron chi connectivity index (χ2n) is 5.30. The van der Waals surface area contributed by atoms with Gasteiger partial charge in [0.15, 0.2) is 0 Å². The first-order chi connectivity index (χ1) is 6.21. The molecular weight excluding hydrogens is 175 g/mol. The van der Waals surface area contributed by atoms with E-state index in [0.29, 0.717) is 0 Å². The zero-order chi connectivity index (χ0) is 11.0. The molecule has 0 N–H and O–H groups in total. The van der Waals surface area contributed by atoms with Gasteiger partial charge >= 0.3 is 0 Å². The summed E-state index contributed by atoms with van der Waals surface area (Å²) in [5, 5.41) is 0. The van der Waals surface area contributed by atoms with Crippen molar-refractivity contribution in [3.8, 4) is 0 Å². The zero-order valence-corrected chi connectivity index (χ0v) is 9.69. The van der Waals surface area contributed by atoms with E-state index in [1.807, 2.05) is 24.3 Å². The third kappa shape index (κ3) is 2.57. The Balaban J connectivity index is 3.02. The van der Waals surface area contributed by atoms with Gasteiger partial charge in [-0.2, -0.15) is 0 Å². The zero-order valence-electron chi connectivity index (χ0n) is 9.69. The highest BCUT2D eigenvalue weighted by molar-refractivity contribution is 5.30. The molecule has 1 aromatic rings. The predicted molar refractivity (Wildman–Crippen MR) is 59.3 cm³/mol. The first-order valence-corrected chi connectivity index (χ1v) is 5.01. The summed E-state index contributed by atoms with van der Waals surface area (Å²) in [6, 6.07) is 7.77. The topological polar surface area (TPSA) is 0 Å². The maximum Gasteiger partial charge on any atom is 0.130 e. The van der Waals surface area contributed by atoms with Crippen molar-refractivity contribution in [2.45, 2.75) is 45.7 Å². The van der Waals surface area contributed by atoms with Gasteiger partial charge in [-0.1, -0.05) is 45.0 Å². The maximum absolute atomic E-state index is 13.5. The van der Waals surface area contributed by atoms with Gasteiger partial charge in [0, 0.05) is 0 Å². The van der Waals surface area contributed by atoms with E-state index in [1.165, 1.54) is 5.56 Å². The summed E-state index contributed by atoms with van der Waals surface area (Å²) >= 11 is 0. The molecule has 1 aromatic carbocycles. The molecule has 0 bridgehead atoms. The second kappa shape index (κ2) is 3.38. The van der Waals surface area contributed by atoms with Gasteiger partial charge < -0.3 is 0 Å². The number of hydrogen-bond donors (Lipinski definition) is 0. The Morgan fingerprint density at radius 2 is 1.14 bits per heavy atom. The average molecular weight is 194 g/mol. The molecule has 0 spiro atoms. The van der Waals surface area contributed by atoms with E-state index in [0.717, 1.165) is 5.56 Å². The predicted octanol–water partition coefficient (Wildman–Crippen LogP) is 4.19. The molecule has 0 unspecified atom stereocenters. The molecule has 0 aliphatic rings. The van der Waals surface area contributed by atoms with E-state index in [1.54, 1.807) is 13.8 Å². The van der Waals surface area contributed by atoms with Crippen LogP contribution in [-0.2, 0) is 11.1 Å². The summed E-state index contributed by atoms with van der Waals surface area (Å²) in [6.07, 6.45) is 0. The first kappa shape index (κ1) is 11.2. The van der Waals surface area contributed by atoms with Crippen LogP contribution in [0.5, 0.6) is 0 Å². The minimum Gasteiger partial charge on any atom is -0.239 e. The highest BCUT2D eigenvalue weighted by atomic mass is 19.1. The Labute approximate surface area is 86.2 Å². The highest BCUT2D eigenvalue weighted by Gasteiger charge is 2.19. The molecule has 14 heavy (non-hydrogen) atoms. The molecule has 0 saturated carbocycles. The molecule has 0 amide bonds. The molecule has 0 heterocycles. The molecule has 0 nitrogen and oxygen atoms in total. The number of halogens is 1. The summed E-state index contributed by atoms with van der Waals surface area (Å²) < 4.78 is 13.5. The van der Waals surface area contributed by atoms with E-state index in [2.05, 4.69) is 20.8 Å². The van der Waals surface area contributed by atoms with Gasteiger partial charge in [0.25, 0.3) is 0 Å². The number of hydrogen-bond acceptors (Lipinski definition) is 0. The molecule has 0 aliphatic carbocycles. The molecule has 0 aromatic heterocycles. The molecule has 0 aliphatic heterocycles. The lowest BCUT2D eigenvalue weighted by atomic mass is 9.85. The van der Waals surface area contributed by atoms with Crippen LogP contribution in [0.15, 0.2) is 24.3 Å². The van der Waals surface area contributed by atoms with Gasteiger partial charge in [0.2, 0.25) is 0 Å². The Bertz CT molecular complexity index is 262. The van der Waals surface area contributed by atoms with Crippen LogP contribution in [0, 0.1) is 0 Å². The normalized spacial score (nSPS) is 13.0. The fraction of sp³-hybridized carbons (Fsp3) is 0.538. The highest BCUT2D eigenvalue weighted by Crippen LogP contribution is 2.28. The van der Waals surface area contributed by atoms with Crippen LogP contribution in [0.4, 0.5) is 4.39 Å². The third-order valence-electron chi connectivity index (χ3n) is 2.44. The Morgan fingerprint density at radius 3 is 1.43 bits per heavy atom. The maximum atomic E-state index is 13.5. The Hall–Kier alpha value is -0.850. The van der Waals surface area contributed by atoms with E-state index < -0.39 is 5.67 Å². The molecule has 0 radical (unpaired) electrons. The molecular formula is C13H19F. The molecule has 1 rings (SSSR count). The Kier molecular flexibility index (Phi) is 2.71. The number of rotatable bonds is 1. The van der Waals surface area contributed by atoms with Crippen molar-refractivity contribution in [1.82, 2.24) is 0 Å². The van der Waals surface area contributed by atoms with E-state index in [4.69, 9.17) is 0 Å². The van der Waals surface area contributed by atoms with Gasteiger partial charge in [0.05, 0.1) is 0 Å². The first-order valence-electron chi connectivity index (χ1n) is 5.01. The van der Waals surface area contributed by atoms with Crippen molar-refractivity contribution in [3.63, 3.8) is 0 Å². The van der Waals surface area contributed by atoms with Crippen LogP contribution < -0.4 is 0 Å². The summed E-state index contributed by atoms with van der Waals surface area (Å²) in [5.74, 6) is 0. The number of benzene rings is 1. The van der Waals surface area contributed by atoms with E-state index in [9.17, 15) is 4.39 Å². The Morgan fingerprint density at radius 1 is 0.786 bits per heavy atom. The molecule has 0 saturated heterocycles. The van der Waals surface area contributed by atoms with Crippen LogP contribution >= 0.6 is 0 Å². The summed E-state index contributed by atoms with van der Waals surface area (Å²) in [4.78, 5) is 0. The van der Waals surface area contributed by atoms with Crippen LogP contribution in [0.1, 0.15) is 45.7 Å². The van der Waals surface area contributed by atoms with Crippen molar-refractivity contribution in [1.29, 1.82) is 0 Å². The van der Waals surface area contributed by atoms with Crippen molar-refractivity contribution in [2.75, 3.05) is 0 Å². The van der Waals surface area contributed by atoms with Crippen molar-refractivity contribution in [2.24, 2.45) is 0 Å². The lowest BCUT2D eigenvalue weighted by molar-refractivity contribution is 0.221. The van der Waals surface area contributed by atoms with Gasteiger partial charge in [0.1, 0.15) is 5.67 Å². The monoisotopic (exact) mass is 194 g/mol. The summed E-state index contributed by atoms with van der Waals surface area (Å²) in [7, 11) is 0. The summed E-state index contributed by atoms with van der Waals surface area (Å²) in [6.45, 7) is 9.63. The van der Waals surface area contributed by atoms with Crippen molar-refractivity contribution < 1.29 is 4.39 Å². The molecule has 0 fully saturated rings. The van der Waals surface area contributed by atoms with Gasteiger partial charge in [-0.3, -0.25) is 0 Å². The minimum absolute atomic E-state index is 0.138. The molecule has 78 valence electrons. The van der Waals surface area contributed by atoms with E-state index >= 15 is 0 Å². The van der Waals surface area contributed by atoms with Crippen molar-refractivity contribution in [3.05, 3.63) is 35.4 Å². The average Bonchev–Trinajstić information content (AvgIpc) is 2.01. The fourth-order valence-corrected chi connectivity index (χ4v) is 1.37. The van der Waals surface area contributed by atoms with Crippen LogP contribution in [0.2, 0.25) is 0 Å². The van der Waals surface area contributed by atoms with Crippen LogP contribution in [0.3, 0.4) is 0 Å². The van der Waals surface area contributed by atoms with Crippen LogP contribution in [0.25, 0.3) is 0 Å². The quantitative estimate of drug-likeness (QED) is 0.629. The van der Waals surface area contributed by atoms with Crippen LogP contribution in [-0.4, -0.2) is 0 Å². The van der Waals surface area contributed by atoms with Crippen molar-refractivity contribution >= 4 is 0 Å². The number of alkyl halides is 1. The lowest BCUT2D eigenvalue weighted by Gasteiger charge is -2.21. The minimum atomic E-state index is -1.24. The lowest BCUT2D eigenvalue weighted by Crippen LogP contribution is -2.13. The largest absolute Gasteiger partial charge is 0.239 e.